The zero-order valence-corrected chi connectivity index (χ0v) is 19.5. The fourth-order valence-corrected chi connectivity index (χ4v) is 5.59. The molecule has 2 N–H and O–H groups in total. The number of nitrogens with one attached hydrogen (secondary N) is 2. The van der Waals surface area contributed by atoms with Crippen LogP contribution in [0, 0.1) is 0 Å². The number of nitrogens with zero attached hydrogens (tertiary/aromatic N) is 3. The van der Waals surface area contributed by atoms with Crippen LogP contribution in [0.5, 0.6) is 0 Å². The number of carbonyl (C=O) groups excluding carboxylic acids is 1. The van der Waals surface area contributed by atoms with Gasteiger partial charge < -0.3 is 24.5 Å². The average molecular weight is 486 g/mol. The van der Waals surface area contributed by atoms with E-state index in [4.69, 9.17) is 9.47 Å². The lowest BCUT2D eigenvalue weighted by Gasteiger charge is -2.26. The van der Waals surface area contributed by atoms with Gasteiger partial charge in [-0.1, -0.05) is 0 Å². The van der Waals surface area contributed by atoms with Gasteiger partial charge in [-0.3, -0.25) is 4.79 Å². The minimum absolute atomic E-state index is 0.0870. The van der Waals surface area contributed by atoms with Crippen molar-refractivity contribution < 1.29 is 22.7 Å². The number of fused-ring (bicyclic) bond motifs is 1. The molecule has 3 aromatic rings. The van der Waals surface area contributed by atoms with Crippen LogP contribution in [0.4, 0.5) is 11.4 Å². The number of hydrogen-bond donors (Lipinski definition) is 2. The highest BCUT2D eigenvalue weighted by Gasteiger charge is 2.27. The van der Waals surface area contributed by atoms with Gasteiger partial charge in [-0.15, -0.1) is 0 Å². The third-order valence-electron chi connectivity index (χ3n) is 6.04. The van der Waals surface area contributed by atoms with Crippen molar-refractivity contribution in [3.63, 3.8) is 0 Å². The SMILES string of the molecule is O=C(Nc1cc(S(=O)(=O)N2CCOCC2)ccc1NCC1CCCO1)c1ccc2nccn2c1. The van der Waals surface area contributed by atoms with E-state index in [2.05, 4.69) is 15.6 Å². The van der Waals surface area contributed by atoms with E-state index in [0.717, 1.165) is 25.1 Å². The predicted octanol–water partition coefficient (Wildman–Crippen LogP) is 2.20. The van der Waals surface area contributed by atoms with Gasteiger partial charge in [-0.05, 0) is 43.2 Å². The number of amides is 1. The van der Waals surface area contributed by atoms with Gasteiger partial charge in [0.1, 0.15) is 5.65 Å². The lowest BCUT2D eigenvalue weighted by Crippen LogP contribution is -2.40. The summed E-state index contributed by atoms with van der Waals surface area (Å²) < 4.78 is 40.5. The fraction of sp³-hybridized carbons (Fsp3) is 0.391. The number of pyridine rings is 1. The lowest BCUT2D eigenvalue weighted by molar-refractivity contribution is 0.0730. The molecule has 1 amide bonds. The Kier molecular flexibility index (Phi) is 6.50. The molecule has 4 heterocycles. The summed E-state index contributed by atoms with van der Waals surface area (Å²) in [4.78, 5) is 17.4. The van der Waals surface area contributed by atoms with Gasteiger partial charge in [0, 0.05) is 44.8 Å². The van der Waals surface area contributed by atoms with Crippen molar-refractivity contribution in [2.45, 2.75) is 23.8 Å². The Labute approximate surface area is 197 Å². The Bertz CT molecular complexity index is 1280. The van der Waals surface area contributed by atoms with E-state index < -0.39 is 10.0 Å². The van der Waals surface area contributed by atoms with E-state index in [1.807, 2.05) is 0 Å². The van der Waals surface area contributed by atoms with Crippen LogP contribution in [0.3, 0.4) is 0 Å². The van der Waals surface area contributed by atoms with Crippen molar-refractivity contribution in [3.05, 3.63) is 54.5 Å². The van der Waals surface area contributed by atoms with Crippen molar-refractivity contribution in [2.75, 3.05) is 50.1 Å². The topological polar surface area (TPSA) is 114 Å². The number of sulfonamides is 1. The van der Waals surface area contributed by atoms with Gasteiger partial charge in [0.2, 0.25) is 10.0 Å². The molecular weight excluding hydrogens is 458 g/mol. The zero-order valence-electron chi connectivity index (χ0n) is 18.6. The molecule has 2 aliphatic heterocycles. The summed E-state index contributed by atoms with van der Waals surface area (Å²) in [5.74, 6) is -0.350. The van der Waals surface area contributed by atoms with E-state index in [-0.39, 0.29) is 16.9 Å². The highest BCUT2D eigenvalue weighted by molar-refractivity contribution is 7.89. The Morgan fingerprint density at radius 1 is 1.12 bits per heavy atom. The Balaban J connectivity index is 1.43. The number of anilines is 2. The first-order valence-corrected chi connectivity index (χ1v) is 12.8. The van der Waals surface area contributed by atoms with E-state index in [1.54, 1.807) is 47.3 Å². The van der Waals surface area contributed by atoms with E-state index >= 15 is 0 Å². The van der Waals surface area contributed by atoms with Crippen molar-refractivity contribution in [1.82, 2.24) is 13.7 Å². The zero-order chi connectivity index (χ0) is 23.5. The van der Waals surface area contributed by atoms with Crippen molar-refractivity contribution >= 4 is 33.0 Å². The van der Waals surface area contributed by atoms with Gasteiger partial charge in [0.25, 0.3) is 5.91 Å². The Morgan fingerprint density at radius 3 is 2.76 bits per heavy atom. The van der Waals surface area contributed by atoms with Gasteiger partial charge in [-0.2, -0.15) is 4.31 Å². The maximum absolute atomic E-state index is 13.2. The van der Waals surface area contributed by atoms with Crippen molar-refractivity contribution in [1.29, 1.82) is 0 Å². The second-order valence-electron chi connectivity index (χ2n) is 8.30. The van der Waals surface area contributed by atoms with Crippen LogP contribution < -0.4 is 10.6 Å². The predicted molar refractivity (Wildman–Crippen MR) is 127 cm³/mol. The molecule has 34 heavy (non-hydrogen) atoms. The minimum atomic E-state index is -3.72. The van der Waals surface area contributed by atoms with E-state index in [9.17, 15) is 13.2 Å². The first kappa shape index (κ1) is 22.8. The first-order valence-electron chi connectivity index (χ1n) is 11.3. The maximum Gasteiger partial charge on any atom is 0.257 e. The Morgan fingerprint density at radius 2 is 1.97 bits per heavy atom. The Hall–Kier alpha value is -2.99. The van der Waals surface area contributed by atoms with Crippen LogP contribution in [-0.4, -0.2) is 73.6 Å². The van der Waals surface area contributed by atoms with Crippen molar-refractivity contribution in [3.8, 4) is 0 Å². The number of aromatic nitrogens is 2. The largest absolute Gasteiger partial charge is 0.381 e. The molecule has 1 aromatic carbocycles. The average Bonchev–Trinajstić information content (AvgIpc) is 3.55. The van der Waals surface area contributed by atoms with Crippen LogP contribution >= 0.6 is 0 Å². The molecule has 2 aromatic heterocycles. The summed E-state index contributed by atoms with van der Waals surface area (Å²) in [5, 5.41) is 6.20. The molecule has 2 saturated heterocycles. The molecule has 0 bridgehead atoms. The molecule has 0 spiro atoms. The summed E-state index contributed by atoms with van der Waals surface area (Å²) in [6.45, 7) is 2.63. The molecule has 1 atom stereocenters. The number of rotatable bonds is 7. The third-order valence-corrected chi connectivity index (χ3v) is 7.94. The second-order valence-corrected chi connectivity index (χ2v) is 10.2. The van der Waals surface area contributed by atoms with Crippen LogP contribution in [0.1, 0.15) is 23.2 Å². The normalized spacial score (nSPS) is 19.4. The summed E-state index contributed by atoms with van der Waals surface area (Å²) in [6.07, 6.45) is 7.17. The molecule has 2 aliphatic rings. The molecule has 0 aliphatic carbocycles. The van der Waals surface area contributed by atoms with Gasteiger partial charge in [-0.25, -0.2) is 13.4 Å². The minimum Gasteiger partial charge on any atom is -0.381 e. The third kappa shape index (κ3) is 4.78. The van der Waals surface area contributed by atoms with Gasteiger partial charge in [0.15, 0.2) is 0 Å². The molecule has 2 fully saturated rings. The summed E-state index contributed by atoms with van der Waals surface area (Å²) in [7, 11) is -3.72. The quantitative estimate of drug-likeness (QED) is 0.527. The van der Waals surface area contributed by atoms with Crippen molar-refractivity contribution in [2.24, 2.45) is 0 Å². The summed E-state index contributed by atoms with van der Waals surface area (Å²) in [5.41, 5.74) is 2.18. The number of carbonyl (C=O) groups is 1. The highest BCUT2D eigenvalue weighted by Crippen LogP contribution is 2.29. The van der Waals surface area contributed by atoms with Gasteiger partial charge in [0.05, 0.1) is 41.2 Å². The molecule has 5 rings (SSSR count). The molecule has 1 unspecified atom stereocenters. The fourth-order valence-electron chi connectivity index (χ4n) is 4.16. The van der Waals surface area contributed by atoms with Gasteiger partial charge >= 0.3 is 0 Å². The number of ether oxygens (including phenoxy) is 2. The van der Waals surface area contributed by atoms with E-state index in [1.165, 1.54) is 10.4 Å². The molecule has 11 heteroatoms. The molecule has 0 radical (unpaired) electrons. The number of hydrogen-bond acceptors (Lipinski definition) is 7. The monoisotopic (exact) mass is 485 g/mol. The van der Waals surface area contributed by atoms with Crippen LogP contribution in [0.15, 0.2) is 53.8 Å². The lowest BCUT2D eigenvalue weighted by atomic mass is 10.2. The standard InChI is InChI=1S/C23H27N5O5S/c29-23(17-3-6-22-24-7-8-27(22)16-17)26-21-14-19(34(30,31)28-9-12-32-13-10-28)4-5-20(21)25-15-18-2-1-11-33-18/h3-8,14,16,18,25H,1-2,9-13,15H2,(H,26,29). The molecule has 180 valence electrons. The molecular formula is C23H27N5O5S. The van der Waals surface area contributed by atoms with Crippen LogP contribution in [-0.2, 0) is 19.5 Å². The number of morpholine rings is 1. The maximum atomic E-state index is 13.2. The van der Waals surface area contributed by atoms with E-state index in [0.29, 0.717) is 49.8 Å². The first-order chi connectivity index (χ1) is 16.5. The number of benzene rings is 1. The number of imidazole rings is 1. The summed E-state index contributed by atoms with van der Waals surface area (Å²) in [6, 6.07) is 8.21. The molecule has 10 nitrogen and oxygen atoms in total. The smallest absolute Gasteiger partial charge is 0.257 e. The summed E-state index contributed by atoms with van der Waals surface area (Å²) >= 11 is 0. The molecule has 0 saturated carbocycles. The van der Waals surface area contributed by atoms with Crippen LogP contribution in [0.2, 0.25) is 0 Å². The second kappa shape index (κ2) is 9.71. The highest BCUT2D eigenvalue weighted by atomic mass is 32.2. The van der Waals surface area contributed by atoms with Crippen LogP contribution in [0.25, 0.3) is 5.65 Å².